The maximum atomic E-state index is 11.0. The Bertz CT molecular complexity index is 407. The van der Waals surface area contributed by atoms with Gasteiger partial charge in [0.15, 0.2) is 0 Å². The van der Waals surface area contributed by atoms with E-state index in [-0.39, 0.29) is 21.9 Å². The molecule has 0 aliphatic carbocycles. The van der Waals surface area contributed by atoms with Gasteiger partial charge in [-0.2, -0.15) is 0 Å². The summed E-state index contributed by atoms with van der Waals surface area (Å²) in [5.74, 6) is 0.459. The summed E-state index contributed by atoms with van der Waals surface area (Å²) in [6.07, 6.45) is 0.762. The van der Waals surface area contributed by atoms with Crippen LogP contribution in [0.25, 0.3) is 0 Å². The Labute approximate surface area is 106 Å². The molecule has 0 aliphatic rings. The van der Waals surface area contributed by atoms with Gasteiger partial charge >= 0.3 is 0 Å². The molecule has 4 nitrogen and oxygen atoms in total. The van der Waals surface area contributed by atoms with Gasteiger partial charge in [-0.15, -0.1) is 11.6 Å². The fraction of sp³-hybridized carbons (Fsp3) is 0.500. The highest BCUT2D eigenvalue weighted by atomic mass is 35.5. The normalized spacial score (nSPS) is 14.1. The van der Waals surface area contributed by atoms with Gasteiger partial charge in [0.1, 0.15) is 5.75 Å². The first kappa shape index (κ1) is 13.8. The van der Waals surface area contributed by atoms with Crippen LogP contribution in [-0.4, -0.2) is 17.4 Å². The van der Waals surface area contributed by atoms with Gasteiger partial charge in [-0.25, -0.2) is 0 Å². The number of hydrogen-bond donors (Lipinski definition) is 0. The first-order chi connectivity index (χ1) is 8.01. The Morgan fingerprint density at radius 2 is 2.18 bits per heavy atom. The molecule has 0 radical (unpaired) electrons. The molecule has 1 aromatic carbocycles. The zero-order chi connectivity index (χ0) is 13.0. The van der Waals surface area contributed by atoms with Gasteiger partial charge in [-0.3, -0.25) is 10.1 Å². The molecule has 0 aliphatic heterocycles. The maximum Gasteiger partial charge on any atom is 0.276 e. The standard InChI is InChI=1S/C12H16ClNO3/c1-4-10(8(2)13)11-6-5-9(17-3)7-12(11)14(15)16/h5-8,10H,4H2,1-3H3. The molecule has 0 saturated carbocycles. The summed E-state index contributed by atoms with van der Waals surface area (Å²) in [4.78, 5) is 10.7. The number of methoxy groups -OCH3 is 1. The maximum absolute atomic E-state index is 11.0. The van der Waals surface area contributed by atoms with Crippen molar-refractivity contribution in [2.24, 2.45) is 0 Å². The average molecular weight is 258 g/mol. The van der Waals surface area contributed by atoms with E-state index in [4.69, 9.17) is 16.3 Å². The summed E-state index contributed by atoms with van der Waals surface area (Å²) < 4.78 is 5.00. The molecule has 17 heavy (non-hydrogen) atoms. The first-order valence-electron chi connectivity index (χ1n) is 5.47. The third kappa shape index (κ3) is 3.09. The van der Waals surface area contributed by atoms with Crippen LogP contribution in [0.5, 0.6) is 5.75 Å². The highest BCUT2D eigenvalue weighted by molar-refractivity contribution is 6.20. The van der Waals surface area contributed by atoms with E-state index in [2.05, 4.69) is 0 Å². The molecule has 0 fully saturated rings. The van der Waals surface area contributed by atoms with Crippen molar-refractivity contribution in [1.29, 1.82) is 0 Å². The lowest BCUT2D eigenvalue weighted by molar-refractivity contribution is -0.385. The van der Waals surface area contributed by atoms with Gasteiger partial charge in [-0.05, 0) is 25.5 Å². The van der Waals surface area contributed by atoms with Crippen molar-refractivity contribution in [2.75, 3.05) is 7.11 Å². The molecule has 2 atom stereocenters. The first-order valence-corrected chi connectivity index (χ1v) is 5.91. The molecule has 0 N–H and O–H groups in total. The topological polar surface area (TPSA) is 52.4 Å². The van der Waals surface area contributed by atoms with Gasteiger partial charge in [0, 0.05) is 16.9 Å². The lowest BCUT2D eigenvalue weighted by Gasteiger charge is -2.18. The van der Waals surface area contributed by atoms with Crippen LogP contribution in [0.3, 0.4) is 0 Å². The number of nitro benzene ring substituents is 1. The number of hydrogen-bond acceptors (Lipinski definition) is 3. The molecule has 0 bridgehead atoms. The molecular formula is C12H16ClNO3. The van der Waals surface area contributed by atoms with Crippen LogP contribution in [0.15, 0.2) is 18.2 Å². The molecule has 94 valence electrons. The van der Waals surface area contributed by atoms with Crippen molar-refractivity contribution in [1.82, 2.24) is 0 Å². The van der Waals surface area contributed by atoms with E-state index < -0.39 is 0 Å². The van der Waals surface area contributed by atoms with Crippen molar-refractivity contribution >= 4 is 17.3 Å². The lowest BCUT2D eigenvalue weighted by Crippen LogP contribution is -2.10. The van der Waals surface area contributed by atoms with E-state index in [9.17, 15) is 10.1 Å². The molecule has 0 saturated heterocycles. The Kier molecular flexibility index (Phi) is 4.75. The van der Waals surface area contributed by atoms with E-state index in [0.29, 0.717) is 11.3 Å². The summed E-state index contributed by atoms with van der Waals surface area (Å²) >= 11 is 6.07. The number of rotatable bonds is 5. The van der Waals surface area contributed by atoms with E-state index in [1.165, 1.54) is 13.2 Å². The number of halogens is 1. The molecule has 0 heterocycles. The molecule has 1 rings (SSSR count). The van der Waals surface area contributed by atoms with Crippen LogP contribution in [0.4, 0.5) is 5.69 Å². The van der Waals surface area contributed by atoms with Crippen molar-refractivity contribution < 1.29 is 9.66 Å². The number of alkyl halides is 1. The number of ether oxygens (including phenoxy) is 1. The second kappa shape index (κ2) is 5.87. The zero-order valence-corrected chi connectivity index (χ0v) is 10.9. The third-order valence-electron chi connectivity index (χ3n) is 2.83. The summed E-state index contributed by atoms with van der Waals surface area (Å²) in [6.45, 7) is 3.82. The highest BCUT2D eigenvalue weighted by Gasteiger charge is 2.24. The minimum Gasteiger partial charge on any atom is -0.497 e. The quantitative estimate of drug-likeness (QED) is 0.459. The van der Waals surface area contributed by atoms with E-state index >= 15 is 0 Å². The summed E-state index contributed by atoms with van der Waals surface area (Å²) in [5, 5.41) is 10.9. The summed E-state index contributed by atoms with van der Waals surface area (Å²) in [6, 6.07) is 4.89. The molecule has 5 heteroatoms. The second-order valence-electron chi connectivity index (χ2n) is 3.87. The van der Waals surface area contributed by atoms with E-state index in [0.717, 1.165) is 6.42 Å². The molecule has 1 aromatic rings. The third-order valence-corrected chi connectivity index (χ3v) is 3.13. The monoisotopic (exact) mass is 257 g/mol. The minimum absolute atomic E-state index is 0.0250. The smallest absolute Gasteiger partial charge is 0.276 e. The highest BCUT2D eigenvalue weighted by Crippen LogP contribution is 2.35. The van der Waals surface area contributed by atoms with E-state index in [1.54, 1.807) is 12.1 Å². The van der Waals surface area contributed by atoms with Crippen LogP contribution in [0.1, 0.15) is 31.7 Å². The van der Waals surface area contributed by atoms with Gasteiger partial charge < -0.3 is 4.74 Å². The zero-order valence-electron chi connectivity index (χ0n) is 10.1. The van der Waals surface area contributed by atoms with Crippen molar-refractivity contribution in [3.05, 3.63) is 33.9 Å². The van der Waals surface area contributed by atoms with Crippen LogP contribution in [-0.2, 0) is 0 Å². The van der Waals surface area contributed by atoms with Crippen molar-refractivity contribution in [2.45, 2.75) is 31.6 Å². The molecule has 0 spiro atoms. The Hall–Kier alpha value is -1.29. The molecule has 0 aromatic heterocycles. The predicted octanol–water partition coefficient (Wildman–Crippen LogP) is 3.72. The van der Waals surface area contributed by atoms with Crippen LogP contribution in [0, 0.1) is 10.1 Å². The van der Waals surface area contributed by atoms with Crippen LogP contribution < -0.4 is 4.74 Å². The summed E-state index contributed by atoms with van der Waals surface area (Å²) in [7, 11) is 1.49. The molecule has 2 unspecified atom stereocenters. The lowest BCUT2D eigenvalue weighted by atomic mass is 9.92. The molecular weight excluding hydrogens is 242 g/mol. The number of nitro groups is 1. The SMILES string of the molecule is CCC(c1ccc(OC)cc1[N+](=O)[O-])C(C)Cl. The summed E-state index contributed by atoms with van der Waals surface area (Å²) in [5.41, 5.74) is 0.740. The second-order valence-corrected chi connectivity index (χ2v) is 4.56. The fourth-order valence-corrected chi connectivity index (χ4v) is 2.23. The van der Waals surface area contributed by atoms with Crippen molar-refractivity contribution in [3.63, 3.8) is 0 Å². The minimum atomic E-state index is -0.389. The van der Waals surface area contributed by atoms with Gasteiger partial charge in [0.05, 0.1) is 18.1 Å². The van der Waals surface area contributed by atoms with Gasteiger partial charge in [0.25, 0.3) is 5.69 Å². The largest absolute Gasteiger partial charge is 0.497 e. The number of benzene rings is 1. The Morgan fingerprint density at radius 1 is 1.53 bits per heavy atom. The Balaban J connectivity index is 3.26. The average Bonchev–Trinajstić information content (AvgIpc) is 2.29. The van der Waals surface area contributed by atoms with Crippen molar-refractivity contribution in [3.8, 4) is 5.75 Å². The van der Waals surface area contributed by atoms with Crippen LogP contribution in [0.2, 0.25) is 0 Å². The molecule has 0 amide bonds. The van der Waals surface area contributed by atoms with Gasteiger partial charge in [-0.1, -0.05) is 6.92 Å². The Morgan fingerprint density at radius 3 is 2.59 bits per heavy atom. The fourth-order valence-electron chi connectivity index (χ4n) is 1.91. The van der Waals surface area contributed by atoms with Gasteiger partial charge in [0.2, 0.25) is 0 Å². The van der Waals surface area contributed by atoms with Crippen LogP contribution >= 0.6 is 11.6 Å². The number of nitrogens with zero attached hydrogens (tertiary/aromatic N) is 1. The predicted molar refractivity (Wildman–Crippen MR) is 68.0 cm³/mol. The van der Waals surface area contributed by atoms with E-state index in [1.807, 2.05) is 13.8 Å².